The standard InChI is InChI=1S/C11H17IN2O2/c1-11(7-15,8-16)6-14(2)10-9(12)4-3-5-13-10/h3-5,15-16H,6-8H2,1-2H3. The van der Waals surface area contributed by atoms with Gasteiger partial charge >= 0.3 is 0 Å². The van der Waals surface area contributed by atoms with Crippen LogP contribution in [0.2, 0.25) is 0 Å². The maximum atomic E-state index is 9.24. The van der Waals surface area contributed by atoms with Crippen LogP contribution in [0.4, 0.5) is 5.82 Å². The molecule has 0 atom stereocenters. The van der Waals surface area contributed by atoms with Gasteiger partial charge < -0.3 is 15.1 Å². The second-order valence-electron chi connectivity index (χ2n) is 4.29. The fourth-order valence-electron chi connectivity index (χ4n) is 1.46. The van der Waals surface area contributed by atoms with Crippen LogP contribution >= 0.6 is 22.6 Å². The normalized spacial score (nSPS) is 11.6. The molecule has 1 rings (SSSR count). The first kappa shape index (κ1) is 13.7. The molecule has 1 aromatic heterocycles. The Morgan fingerprint density at radius 2 is 2.06 bits per heavy atom. The highest BCUT2D eigenvalue weighted by molar-refractivity contribution is 14.1. The van der Waals surface area contributed by atoms with E-state index in [1.807, 2.05) is 31.0 Å². The van der Waals surface area contributed by atoms with Gasteiger partial charge in [0.2, 0.25) is 0 Å². The fraction of sp³-hybridized carbons (Fsp3) is 0.545. The maximum absolute atomic E-state index is 9.24. The van der Waals surface area contributed by atoms with Gasteiger partial charge in [-0.1, -0.05) is 6.92 Å². The Bertz CT molecular complexity index is 343. The third-order valence-corrected chi connectivity index (χ3v) is 3.32. The Labute approximate surface area is 109 Å². The van der Waals surface area contributed by atoms with Gasteiger partial charge in [0.25, 0.3) is 0 Å². The number of hydrogen-bond acceptors (Lipinski definition) is 4. The number of rotatable bonds is 5. The molecule has 16 heavy (non-hydrogen) atoms. The van der Waals surface area contributed by atoms with Crippen molar-refractivity contribution in [2.45, 2.75) is 6.92 Å². The summed E-state index contributed by atoms with van der Waals surface area (Å²) in [5, 5.41) is 18.5. The molecule has 0 aliphatic heterocycles. The predicted molar refractivity (Wildman–Crippen MR) is 72.5 cm³/mol. The number of anilines is 1. The summed E-state index contributed by atoms with van der Waals surface area (Å²) in [5.74, 6) is 0.872. The molecule has 0 spiro atoms. The minimum atomic E-state index is -0.505. The molecule has 0 saturated heterocycles. The van der Waals surface area contributed by atoms with E-state index >= 15 is 0 Å². The average Bonchev–Trinajstić information content (AvgIpc) is 2.29. The van der Waals surface area contributed by atoms with Crippen LogP contribution in [0.15, 0.2) is 18.3 Å². The lowest BCUT2D eigenvalue weighted by Gasteiger charge is -2.31. The summed E-state index contributed by atoms with van der Waals surface area (Å²) in [6.07, 6.45) is 1.74. The van der Waals surface area contributed by atoms with E-state index in [-0.39, 0.29) is 13.2 Å². The summed E-state index contributed by atoms with van der Waals surface area (Å²) in [4.78, 5) is 6.24. The second kappa shape index (κ2) is 5.79. The number of nitrogens with zero attached hydrogens (tertiary/aromatic N) is 2. The van der Waals surface area contributed by atoms with Crippen LogP contribution < -0.4 is 4.90 Å². The van der Waals surface area contributed by atoms with Crippen LogP contribution in [-0.4, -0.2) is 42.0 Å². The van der Waals surface area contributed by atoms with E-state index in [4.69, 9.17) is 0 Å². The second-order valence-corrected chi connectivity index (χ2v) is 5.45. The molecule has 1 heterocycles. The molecule has 0 aliphatic rings. The fourth-order valence-corrected chi connectivity index (χ4v) is 2.21. The summed E-state index contributed by atoms with van der Waals surface area (Å²) in [5.41, 5.74) is -0.505. The smallest absolute Gasteiger partial charge is 0.141 e. The van der Waals surface area contributed by atoms with Crippen molar-refractivity contribution in [3.8, 4) is 0 Å². The first-order valence-corrected chi connectivity index (χ1v) is 6.14. The predicted octanol–water partition coefficient (Wildman–Crippen LogP) is 1.11. The van der Waals surface area contributed by atoms with Crippen LogP contribution in [0, 0.1) is 8.99 Å². The maximum Gasteiger partial charge on any atom is 0.141 e. The molecule has 0 saturated carbocycles. The zero-order chi connectivity index (χ0) is 12.2. The first-order valence-electron chi connectivity index (χ1n) is 5.06. The zero-order valence-electron chi connectivity index (χ0n) is 9.52. The van der Waals surface area contributed by atoms with Crippen molar-refractivity contribution in [1.29, 1.82) is 0 Å². The third-order valence-electron chi connectivity index (χ3n) is 2.48. The van der Waals surface area contributed by atoms with Gasteiger partial charge in [-0.25, -0.2) is 4.98 Å². The van der Waals surface area contributed by atoms with Gasteiger partial charge in [-0.15, -0.1) is 0 Å². The van der Waals surface area contributed by atoms with Gasteiger partial charge in [-0.2, -0.15) is 0 Å². The number of halogens is 1. The van der Waals surface area contributed by atoms with Crippen molar-refractivity contribution in [3.05, 3.63) is 21.9 Å². The Hall–Kier alpha value is -0.400. The Kier molecular flexibility index (Phi) is 4.94. The molecule has 0 aliphatic carbocycles. The van der Waals surface area contributed by atoms with Crippen molar-refractivity contribution in [1.82, 2.24) is 4.98 Å². The van der Waals surface area contributed by atoms with Crippen LogP contribution in [0.25, 0.3) is 0 Å². The van der Waals surface area contributed by atoms with Gasteiger partial charge in [0, 0.05) is 25.2 Å². The largest absolute Gasteiger partial charge is 0.396 e. The minimum absolute atomic E-state index is 0.0444. The van der Waals surface area contributed by atoms with Gasteiger partial charge in [-0.3, -0.25) is 0 Å². The number of pyridine rings is 1. The molecule has 5 heteroatoms. The average molecular weight is 336 g/mol. The van der Waals surface area contributed by atoms with E-state index in [1.165, 1.54) is 0 Å². The Morgan fingerprint density at radius 3 is 2.56 bits per heavy atom. The summed E-state index contributed by atoms with van der Waals surface area (Å²) < 4.78 is 1.06. The molecule has 1 aromatic rings. The van der Waals surface area contributed by atoms with E-state index in [1.54, 1.807) is 6.20 Å². The van der Waals surface area contributed by atoms with E-state index < -0.39 is 5.41 Å². The van der Waals surface area contributed by atoms with E-state index in [9.17, 15) is 10.2 Å². The van der Waals surface area contributed by atoms with Crippen LogP contribution in [0.3, 0.4) is 0 Å². The highest BCUT2D eigenvalue weighted by Gasteiger charge is 2.25. The van der Waals surface area contributed by atoms with E-state index in [0.717, 1.165) is 9.39 Å². The lowest BCUT2D eigenvalue weighted by atomic mass is 9.92. The van der Waals surface area contributed by atoms with Crippen LogP contribution in [-0.2, 0) is 0 Å². The third kappa shape index (κ3) is 3.29. The Morgan fingerprint density at radius 1 is 1.44 bits per heavy atom. The lowest BCUT2D eigenvalue weighted by molar-refractivity contribution is 0.0761. The number of aromatic nitrogens is 1. The van der Waals surface area contributed by atoms with Gasteiger partial charge in [0.15, 0.2) is 0 Å². The molecule has 0 amide bonds. The van der Waals surface area contributed by atoms with Gasteiger partial charge in [-0.05, 0) is 34.7 Å². The molecule has 90 valence electrons. The van der Waals surface area contributed by atoms with Crippen molar-refractivity contribution >= 4 is 28.4 Å². The van der Waals surface area contributed by atoms with Crippen molar-refractivity contribution in [3.63, 3.8) is 0 Å². The molecule has 4 nitrogen and oxygen atoms in total. The number of aliphatic hydroxyl groups is 2. The molecule has 0 aromatic carbocycles. The first-order chi connectivity index (χ1) is 7.52. The molecular formula is C11H17IN2O2. The highest BCUT2D eigenvalue weighted by atomic mass is 127. The van der Waals surface area contributed by atoms with Gasteiger partial charge in [0.1, 0.15) is 5.82 Å². The SMILES string of the molecule is CN(CC(C)(CO)CO)c1ncccc1I. The monoisotopic (exact) mass is 336 g/mol. The highest BCUT2D eigenvalue weighted by Crippen LogP contribution is 2.22. The topological polar surface area (TPSA) is 56.6 Å². The molecule has 2 N–H and O–H groups in total. The number of hydrogen-bond donors (Lipinski definition) is 2. The van der Waals surface area contributed by atoms with E-state index in [2.05, 4.69) is 27.6 Å². The van der Waals surface area contributed by atoms with Crippen molar-refractivity contribution < 1.29 is 10.2 Å². The quantitative estimate of drug-likeness (QED) is 0.791. The molecule has 0 unspecified atom stereocenters. The molecule has 0 bridgehead atoms. The van der Waals surface area contributed by atoms with Gasteiger partial charge in [0.05, 0.1) is 16.8 Å². The summed E-state index contributed by atoms with van der Waals surface area (Å²) in [6, 6.07) is 3.87. The number of aliphatic hydroxyl groups excluding tert-OH is 2. The van der Waals surface area contributed by atoms with Crippen LogP contribution in [0.5, 0.6) is 0 Å². The Balaban J connectivity index is 2.80. The summed E-state index contributed by atoms with van der Waals surface area (Å²) in [6.45, 7) is 2.32. The summed E-state index contributed by atoms with van der Waals surface area (Å²) >= 11 is 2.22. The lowest BCUT2D eigenvalue weighted by Crippen LogP contribution is -2.39. The van der Waals surface area contributed by atoms with E-state index in [0.29, 0.717) is 6.54 Å². The minimum Gasteiger partial charge on any atom is -0.396 e. The zero-order valence-corrected chi connectivity index (χ0v) is 11.7. The molecular weight excluding hydrogens is 319 g/mol. The van der Waals surface area contributed by atoms with Crippen LogP contribution in [0.1, 0.15) is 6.92 Å². The van der Waals surface area contributed by atoms with Crippen molar-refractivity contribution in [2.24, 2.45) is 5.41 Å². The summed E-state index contributed by atoms with van der Waals surface area (Å²) in [7, 11) is 1.91. The van der Waals surface area contributed by atoms with Crippen molar-refractivity contribution in [2.75, 3.05) is 31.7 Å². The molecule has 0 radical (unpaired) electrons. The molecule has 0 fully saturated rings.